The average molecular weight is 381 g/mol. The maximum Gasteiger partial charge on any atom is 0.234 e. The maximum absolute atomic E-state index is 12.6. The third-order valence-corrected chi connectivity index (χ3v) is 7.14. The molecule has 0 spiro atoms. The van der Waals surface area contributed by atoms with Gasteiger partial charge in [0.2, 0.25) is 5.91 Å². The van der Waals surface area contributed by atoms with E-state index in [4.69, 9.17) is 0 Å². The van der Waals surface area contributed by atoms with Gasteiger partial charge in [-0.25, -0.2) is 0 Å². The van der Waals surface area contributed by atoms with E-state index in [0.29, 0.717) is 18.5 Å². The van der Waals surface area contributed by atoms with Gasteiger partial charge in [0.25, 0.3) is 0 Å². The molecule has 1 aromatic rings. The third-order valence-electron chi connectivity index (χ3n) is 7.14. The zero-order chi connectivity index (χ0) is 19.5. The predicted octanol–water partition coefficient (Wildman–Crippen LogP) is 3.01. The van der Waals surface area contributed by atoms with E-state index >= 15 is 0 Å². The lowest BCUT2D eigenvalue weighted by atomic mass is 9.84. The van der Waals surface area contributed by atoms with Crippen LogP contribution in [0.5, 0.6) is 0 Å². The quantitative estimate of drug-likeness (QED) is 0.853. The smallest absolute Gasteiger partial charge is 0.234 e. The van der Waals surface area contributed by atoms with Crippen LogP contribution in [0.15, 0.2) is 24.3 Å². The number of benzene rings is 1. The summed E-state index contributed by atoms with van der Waals surface area (Å²) in [5, 5.41) is 12.7. The van der Waals surface area contributed by atoms with Gasteiger partial charge in [-0.2, -0.15) is 5.26 Å². The highest BCUT2D eigenvalue weighted by Crippen LogP contribution is 2.49. The molecule has 2 aliphatic carbocycles. The summed E-state index contributed by atoms with van der Waals surface area (Å²) >= 11 is 0. The second-order valence-corrected chi connectivity index (χ2v) is 8.94. The SMILES string of the molecule is C[C@H](NC(=O)CN1CCCN(c2ccccc2C#N)CC1)[C@H]1C[C@H]2CC[C@H]1C2. The van der Waals surface area contributed by atoms with E-state index in [1.165, 1.54) is 25.7 Å². The molecule has 1 N–H and O–H groups in total. The van der Waals surface area contributed by atoms with Gasteiger partial charge < -0.3 is 10.2 Å². The summed E-state index contributed by atoms with van der Waals surface area (Å²) in [5.41, 5.74) is 1.74. The number of nitrogens with zero attached hydrogens (tertiary/aromatic N) is 3. The summed E-state index contributed by atoms with van der Waals surface area (Å²) in [6.45, 7) is 6.26. The summed E-state index contributed by atoms with van der Waals surface area (Å²) in [5.74, 6) is 2.61. The van der Waals surface area contributed by atoms with Crippen molar-refractivity contribution in [2.45, 2.75) is 45.1 Å². The van der Waals surface area contributed by atoms with E-state index in [-0.39, 0.29) is 5.91 Å². The zero-order valence-corrected chi connectivity index (χ0v) is 16.9. The fraction of sp³-hybridized carbons (Fsp3) is 0.652. The van der Waals surface area contributed by atoms with Crippen molar-refractivity contribution in [3.05, 3.63) is 29.8 Å². The molecule has 150 valence electrons. The first-order valence-corrected chi connectivity index (χ1v) is 10.9. The van der Waals surface area contributed by atoms with E-state index < -0.39 is 0 Å². The number of hydrogen-bond acceptors (Lipinski definition) is 4. The Balaban J connectivity index is 1.27. The van der Waals surface area contributed by atoms with Crippen molar-refractivity contribution < 1.29 is 4.79 Å². The van der Waals surface area contributed by atoms with Crippen molar-refractivity contribution in [3.63, 3.8) is 0 Å². The molecule has 4 atom stereocenters. The highest BCUT2D eigenvalue weighted by atomic mass is 16.2. The van der Waals surface area contributed by atoms with Gasteiger partial charge in [0.15, 0.2) is 0 Å². The van der Waals surface area contributed by atoms with Crippen LogP contribution in [0.3, 0.4) is 0 Å². The van der Waals surface area contributed by atoms with Crippen molar-refractivity contribution in [2.24, 2.45) is 17.8 Å². The van der Waals surface area contributed by atoms with Crippen LogP contribution in [0.1, 0.15) is 44.6 Å². The number of amides is 1. The van der Waals surface area contributed by atoms with Crippen LogP contribution in [-0.4, -0.2) is 49.6 Å². The molecule has 0 radical (unpaired) electrons. The number of anilines is 1. The van der Waals surface area contributed by atoms with Gasteiger partial charge in [-0.1, -0.05) is 18.6 Å². The maximum atomic E-state index is 12.6. The molecule has 5 nitrogen and oxygen atoms in total. The van der Waals surface area contributed by atoms with E-state index in [1.807, 2.05) is 24.3 Å². The Morgan fingerprint density at radius 1 is 1.21 bits per heavy atom. The molecule has 3 aliphatic rings. The normalized spacial score (nSPS) is 28.6. The van der Waals surface area contributed by atoms with E-state index in [9.17, 15) is 10.1 Å². The van der Waals surface area contributed by atoms with Gasteiger partial charge in [0.1, 0.15) is 6.07 Å². The van der Waals surface area contributed by atoms with Crippen LogP contribution in [-0.2, 0) is 4.79 Å². The Kier molecular flexibility index (Phi) is 5.87. The molecule has 2 saturated carbocycles. The Bertz CT molecular complexity index is 742. The fourth-order valence-corrected chi connectivity index (χ4v) is 5.73. The minimum atomic E-state index is 0.168. The summed E-state index contributed by atoms with van der Waals surface area (Å²) in [6.07, 6.45) is 6.47. The molecule has 0 unspecified atom stereocenters. The standard InChI is InChI=1S/C23H32N4O/c1-17(21-14-18-7-8-19(21)13-18)25-23(28)16-26-9-4-10-27(12-11-26)22-6-3-2-5-20(22)15-24/h2-3,5-6,17-19,21H,4,7-14,16H2,1H3,(H,25,28)/t17-,18-,19-,21+/m0/s1. The first-order chi connectivity index (χ1) is 13.6. The predicted molar refractivity (Wildman–Crippen MR) is 111 cm³/mol. The number of nitriles is 1. The van der Waals surface area contributed by atoms with Gasteiger partial charge >= 0.3 is 0 Å². The van der Waals surface area contributed by atoms with Crippen LogP contribution < -0.4 is 10.2 Å². The van der Waals surface area contributed by atoms with Gasteiger partial charge in [-0.05, 0) is 62.5 Å². The molecule has 1 aliphatic heterocycles. The number of nitrogens with one attached hydrogen (secondary N) is 1. The van der Waals surface area contributed by atoms with Crippen molar-refractivity contribution in [1.82, 2.24) is 10.2 Å². The van der Waals surface area contributed by atoms with E-state index in [2.05, 4.69) is 28.1 Å². The molecule has 1 saturated heterocycles. The summed E-state index contributed by atoms with van der Waals surface area (Å²) < 4.78 is 0. The Morgan fingerprint density at radius 3 is 2.82 bits per heavy atom. The molecule has 2 bridgehead atoms. The number of carbonyl (C=O) groups is 1. The lowest BCUT2D eigenvalue weighted by Gasteiger charge is -2.29. The number of carbonyl (C=O) groups excluding carboxylic acids is 1. The van der Waals surface area contributed by atoms with Gasteiger partial charge in [-0.3, -0.25) is 9.69 Å². The van der Waals surface area contributed by atoms with Crippen LogP contribution in [0.2, 0.25) is 0 Å². The number of para-hydroxylation sites is 1. The highest BCUT2D eigenvalue weighted by molar-refractivity contribution is 5.78. The van der Waals surface area contributed by atoms with Crippen molar-refractivity contribution >= 4 is 11.6 Å². The first kappa shape index (κ1) is 19.3. The number of hydrogen-bond donors (Lipinski definition) is 1. The largest absolute Gasteiger partial charge is 0.369 e. The van der Waals surface area contributed by atoms with Gasteiger partial charge in [0, 0.05) is 32.2 Å². The zero-order valence-electron chi connectivity index (χ0n) is 16.9. The van der Waals surface area contributed by atoms with Crippen molar-refractivity contribution in [2.75, 3.05) is 37.6 Å². The monoisotopic (exact) mass is 380 g/mol. The molecule has 3 fully saturated rings. The van der Waals surface area contributed by atoms with E-state index in [1.54, 1.807) is 0 Å². The molecule has 0 aromatic heterocycles. The molecular weight excluding hydrogens is 348 g/mol. The fourth-order valence-electron chi connectivity index (χ4n) is 5.73. The van der Waals surface area contributed by atoms with E-state index in [0.717, 1.165) is 55.7 Å². The van der Waals surface area contributed by atoms with Crippen LogP contribution >= 0.6 is 0 Å². The van der Waals surface area contributed by atoms with Crippen molar-refractivity contribution in [1.29, 1.82) is 5.26 Å². The third kappa shape index (κ3) is 4.17. The highest BCUT2D eigenvalue weighted by Gasteiger charge is 2.42. The minimum absolute atomic E-state index is 0.168. The minimum Gasteiger partial charge on any atom is -0.369 e. The lowest BCUT2D eigenvalue weighted by Crippen LogP contribution is -2.45. The number of fused-ring (bicyclic) bond motifs is 2. The molecule has 1 aromatic carbocycles. The van der Waals surface area contributed by atoms with Crippen LogP contribution in [0.25, 0.3) is 0 Å². The summed E-state index contributed by atoms with van der Waals surface area (Å²) in [7, 11) is 0. The van der Waals surface area contributed by atoms with Gasteiger partial charge in [0.05, 0.1) is 17.8 Å². The average Bonchev–Trinajstić information content (AvgIpc) is 3.26. The van der Waals surface area contributed by atoms with Gasteiger partial charge in [-0.15, -0.1) is 0 Å². The molecular formula is C23H32N4O. The second-order valence-electron chi connectivity index (χ2n) is 8.94. The Morgan fingerprint density at radius 2 is 2.07 bits per heavy atom. The lowest BCUT2D eigenvalue weighted by molar-refractivity contribution is -0.123. The summed E-state index contributed by atoms with van der Waals surface area (Å²) in [6, 6.07) is 10.4. The molecule has 1 heterocycles. The first-order valence-electron chi connectivity index (χ1n) is 10.9. The van der Waals surface area contributed by atoms with Crippen LogP contribution in [0, 0.1) is 29.1 Å². The Hall–Kier alpha value is -2.06. The Labute approximate surface area is 168 Å². The molecule has 1 amide bonds. The van der Waals surface area contributed by atoms with Crippen molar-refractivity contribution in [3.8, 4) is 6.07 Å². The summed E-state index contributed by atoms with van der Waals surface area (Å²) in [4.78, 5) is 17.2. The second kappa shape index (κ2) is 8.53. The topological polar surface area (TPSA) is 59.4 Å². The van der Waals surface area contributed by atoms with Crippen LogP contribution in [0.4, 0.5) is 5.69 Å². The number of rotatable bonds is 5. The molecule has 4 rings (SSSR count). The molecule has 5 heteroatoms. The molecule has 28 heavy (non-hydrogen) atoms.